The van der Waals surface area contributed by atoms with Crippen LogP contribution in [-0.4, -0.2) is 74.4 Å². The SMILES string of the molecule is CCOc1cccc2sc(N(CCN(CC)CC)C(=O)C3CCN(S(=O)(=O)c4ccc(Cl)cc4)CC3)nc12. The molecule has 0 N–H and O–H groups in total. The number of hydrogen-bond acceptors (Lipinski definition) is 7. The molecule has 1 fully saturated rings. The molecule has 0 spiro atoms. The maximum absolute atomic E-state index is 13.9. The van der Waals surface area contributed by atoms with Gasteiger partial charge in [-0.1, -0.05) is 42.9 Å². The first-order valence-corrected chi connectivity index (χ1v) is 15.7. The Morgan fingerprint density at radius 3 is 2.39 bits per heavy atom. The molecule has 0 radical (unpaired) electrons. The Labute approximate surface area is 234 Å². The third-order valence-corrected chi connectivity index (χ3v) is 10.2. The molecule has 0 aliphatic carbocycles. The molecular formula is C27H35ClN4O4S2. The van der Waals surface area contributed by atoms with Gasteiger partial charge in [0.1, 0.15) is 11.3 Å². The van der Waals surface area contributed by atoms with Gasteiger partial charge >= 0.3 is 0 Å². The van der Waals surface area contributed by atoms with E-state index in [0.29, 0.717) is 55.0 Å². The van der Waals surface area contributed by atoms with Crippen LogP contribution in [0.1, 0.15) is 33.6 Å². The molecule has 1 aliphatic rings. The largest absolute Gasteiger partial charge is 0.492 e. The normalized spacial score (nSPS) is 15.3. The zero-order valence-corrected chi connectivity index (χ0v) is 24.5. The van der Waals surface area contributed by atoms with E-state index in [0.717, 1.165) is 29.9 Å². The molecule has 38 heavy (non-hydrogen) atoms. The highest BCUT2D eigenvalue weighted by atomic mass is 35.5. The number of aromatic nitrogens is 1. The molecule has 0 atom stereocenters. The van der Waals surface area contributed by atoms with Crippen molar-refractivity contribution < 1.29 is 17.9 Å². The predicted molar refractivity (Wildman–Crippen MR) is 154 cm³/mol. The summed E-state index contributed by atoms with van der Waals surface area (Å²) in [6.07, 6.45) is 0.922. The number of piperidine rings is 1. The second-order valence-electron chi connectivity index (χ2n) is 9.18. The van der Waals surface area contributed by atoms with Crippen molar-refractivity contribution in [2.75, 3.05) is 50.8 Å². The summed E-state index contributed by atoms with van der Waals surface area (Å²) >= 11 is 7.42. The van der Waals surface area contributed by atoms with Gasteiger partial charge in [-0.3, -0.25) is 9.69 Å². The first-order chi connectivity index (χ1) is 18.3. The number of nitrogens with zero attached hydrogens (tertiary/aromatic N) is 4. The number of anilines is 1. The van der Waals surface area contributed by atoms with Crippen LogP contribution in [0.4, 0.5) is 5.13 Å². The van der Waals surface area contributed by atoms with E-state index in [9.17, 15) is 13.2 Å². The summed E-state index contributed by atoms with van der Waals surface area (Å²) in [6, 6.07) is 12.0. The summed E-state index contributed by atoms with van der Waals surface area (Å²) in [5, 5.41) is 1.14. The smallest absolute Gasteiger partial charge is 0.243 e. The first-order valence-electron chi connectivity index (χ1n) is 13.1. The fraction of sp³-hybridized carbons (Fsp3) is 0.481. The van der Waals surface area contributed by atoms with Gasteiger partial charge in [0.2, 0.25) is 15.9 Å². The monoisotopic (exact) mass is 578 g/mol. The van der Waals surface area contributed by atoms with Gasteiger partial charge in [-0.05, 0) is 69.3 Å². The zero-order valence-electron chi connectivity index (χ0n) is 22.1. The van der Waals surface area contributed by atoms with E-state index < -0.39 is 10.0 Å². The molecule has 2 aromatic carbocycles. The van der Waals surface area contributed by atoms with Gasteiger partial charge in [-0.15, -0.1) is 0 Å². The van der Waals surface area contributed by atoms with Crippen LogP contribution >= 0.6 is 22.9 Å². The van der Waals surface area contributed by atoms with E-state index in [1.165, 1.54) is 27.8 Å². The van der Waals surface area contributed by atoms with Crippen LogP contribution in [0.2, 0.25) is 5.02 Å². The maximum Gasteiger partial charge on any atom is 0.243 e. The van der Waals surface area contributed by atoms with Gasteiger partial charge in [-0.2, -0.15) is 4.31 Å². The van der Waals surface area contributed by atoms with Gasteiger partial charge < -0.3 is 9.64 Å². The maximum atomic E-state index is 13.9. The van der Waals surface area contributed by atoms with Gasteiger partial charge in [0.25, 0.3) is 0 Å². The number of rotatable bonds is 11. The molecule has 0 unspecified atom stereocenters. The van der Waals surface area contributed by atoms with Gasteiger partial charge in [0, 0.05) is 37.1 Å². The summed E-state index contributed by atoms with van der Waals surface area (Å²) < 4.78 is 34.4. The molecule has 8 nitrogen and oxygen atoms in total. The molecule has 3 aromatic rings. The van der Waals surface area contributed by atoms with Crippen LogP contribution in [0.25, 0.3) is 10.2 Å². The molecular weight excluding hydrogens is 544 g/mol. The highest BCUT2D eigenvalue weighted by Crippen LogP contribution is 2.36. The van der Waals surface area contributed by atoms with Crippen molar-refractivity contribution in [2.24, 2.45) is 5.92 Å². The number of amides is 1. The number of thiazole rings is 1. The van der Waals surface area contributed by atoms with Crippen LogP contribution in [-0.2, 0) is 14.8 Å². The van der Waals surface area contributed by atoms with Crippen molar-refractivity contribution in [1.82, 2.24) is 14.2 Å². The highest BCUT2D eigenvalue weighted by molar-refractivity contribution is 7.89. The summed E-state index contributed by atoms with van der Waals surface area (Å²) in [5.74, 6) is 0.434. The number of para-hydroxylation sites is 1. The third-order valence-electron chi connectivity index (χ3n) is 6.96. The van der Waals surface area contributed by atoms with Crippen molar-refractivity contribution in [1.29, 1.82) is 0 Å². The Kier molecular flexibility index (Phi) is 9.64. The molecule has 4 rings (SSSR count). The number of carbonyl (C=O) groups is 1. The second kappa shape index (κ2) is 12.7. The topological polar surface area (TPSA) is 83.0 Å². The molecule has 0 saturated carbocycles. The van der Waals surface area contributed by atoms with Crippen LogP contribution < -0.4 is 9.64 Å². The lowest BCUT2D eigenvalue weighted by Crippen LogP contribution is -2.46. The van der Waals surface area contributed by atoms with Crippen molar-refractivity contribution in [2.45, 2.75) is 38.5 Å². The fourth-order valence-corrected chi connectivity index (χ4v) is 7.31. The van der Waals surface area contributed by atoms with E-state index in [4.69, 9.17) is 21.3 Å². The van der Waals surface area contributed by atoms with Crippen LogP contribution in [0.15, 0.2) is 47.4 Å². The van der Waals surface area contributed by atoms with E-state index in [2.05, 4.69) is 18.7 Å². The van der Waals surface area contributed by atoms with Crippen LogP contribution in [0.3, 0.4) is 0 Å². The van der Waals surface area contributed by atoms with Crippen molar-refractivity contribution in [3.05, 3.63) is 47.5 Å². The lowest BCUT2D eigenvalue weighted by molar-refractivity contribution is -0.123. The Hall–Kier alpha value is -2.24. The minimum absolute atomic E-state index is 0.00212. The number of benzene rings is 2. The lowest BCUT2D eigenvalue weighted by Gasteiger charge is -2.33. The van der Waals surface area contributed by atoms with Crippen LogP contribution in [0, 0.1) is 5.92 Å². The number of likely N-dealkylation sites (N-methyl/N-ethyl adjacent to an activating group) is 1. The minimum atomic E-state index is -3.64. The van der Waals surface area contributed by atoms with E-state index in [-0.39, 0.29) is 16.7 Å². The molecule has 1 amide bonds. The number of hydrogen-bond donors (Lipinski definition) is 0. The summed E-state index contributed by atoms with van der Waals surface area (Å²) in [6.45, 7) is 10.3. The zero-order chi connectivity index (χ0) is 27.3. The predicted octanol–water partition coefficient (Wildman–Crippen LogP) is 5.12. The Morgan fingerprint density at radius 1 is 1.08 bits per heavy atom. The highest BCUT2D eigenvalue weighted by Gasteiger charge is 2.35. The van der Waals surface area contributed by atoms with Crippen molar-refractivity contribution in [3.8, 4) is 5.75 Å². The van der Waals surface area contributed by atoms with Crippen molar-refractivity contribution in [3.63, 3.8) is 0 Å². The number of ether oxygens (including phenoxy) is 1. The molecule has 1 aliphatic heterocycles. The summed E-state index contributed by atoms with van der Waals surface area (Å²) in [7, 11) is -3.64. The first kappa shape index (κ1) is 28.8. The van der Waals surface area contributed by atoms with Crippen molar-refractivity contribution >= 4 is 54.2 Å². The van der Waals surface area contributed by atoms with E-state index in [1.54, 1.807) is 17.0 Å². The van der Waals surface area contributed by atoms with Gasteiger partial charge in [0.05, 0.1) is 16.2 Å². The molecule has 0 bridgehead atoms. The molecule has 206 valence electrons. The number of sulfonamides is 1. The molecule has 1 aromatic heterocycles. The van der Waals surface area contributed by atoms with Gasteiger partial charge in [0.15, 0.2) is 5.13 Å². The van der Waals surface area contributed by atoms with Crippen LogP contribution in [0.5, 0.6) is 5.75 Å². The Bertz CT molecular complexity index is 1330. The third kappa shape index (κ3) is 6.31. The summed E-state index contributed by atoms with van der Waals surface area (Å²) in [5.41, 5.74) is 0.763. The minimum Gasteiger partial charge on any atom is -0.492 e. The average molecular weight is 579 g/mol. The molecule has 1 saturated heterocycles. The quantitative estimate of drug-likeness (QED) is 0.314. The Morgan fingerprint density at radius 2 is 1.76 bits per heavy atom. The average Bonchev–Trinajstić information content (AvgIpc) is 3.36. The lowest BCUT2D eigenvalue weighted by atomic mass is 9.96. The number of carbonyl (C=O) groups excluding carboxylic acids is 1. The standard InChI is InChI=1S/C27H35ClN4O4S2/c1-4-30(5-2)18-19-32(27-29-25-23(36-6-3)8-7-9-24(25)37-27)26(33)20-14-16-31(17-15-20)38(34,35)22-12-10-21(28)11-13-22/h7-13,20H,4-6,14-19H2,1-3H3. The fourth-order valence-electron chi connectivity index (χ4n) is 4.70. The van der Waals surface area contributed by atoms with E-state index >= 15 is 0 Å². The molecule has 2 heterocycles. The molecule has 11 heteroatoms. The summed E-state index contributed by atoms with van der Waals surface area (Å²) in [4.78, 5) is 23.0. The number of halogens is 1. The number of fused-ring (bicyclic) bond motifs is 1. The van der Waals surface area contributed by atoms with Gasteiger partial charge in [-0.25, -0.2) is 13.4 Å². The Balaban J connectivity index is 1.54. The second-order valence-corrected chi connectivity index (χ2v) is 12.6. The van der Waals surface area contributed by atoms with E-state index in [1.807, 2.05) is 25.1 Å².